The fourth-order valence-corrected chi connectivity index (χ4v) is 3.17. The highest BCUT2D eigenvalue weighted by Crippen LogP contribution is 2.22. The van der Waals surface area contributed by atoms with Crippen LogP contribution in [0.3, 0.4) is 0 Å². The summed E-state index contributed by atoms with van der Waals surface area (Å²) in [7, 11) is 2.08. The first kappa shape index (κ1) is 21.6. The summed E-state index contributed by atoms with van der Waals surface area (Å²) in [5, 5.41) is 0. The summed E-state index contributed by atoms with van der Waals surface area (Å²) in [6.45, 7) is 7.54. The molecule has 0 aromatic heterocycles. The molecule has 0 atom stereocenters. The zero-order valence-corrected chi connectivity index (χ0v) is 17.2. The lowest BCUT2D eigenvalue weighted by molar-refractivity contribution is 0.103. The third-order valence-electron chi connectivity index (χ3n) is 4.61. The number of ketones is 1. The molecular formula is C25H26ClNO. The number of likely N-dealkylation sites (N-methyl/N-ethyl adjacent to an activating group) is 1. The van der Waals surface area contributed by atoms with Crippen molar-refractivity contribution < 1.29 is 4.79 Å². The van der Waals surface area contributed by atoms with Crippen LogP contribution in [0.4, 0.5) is 0 Å². The Morgan fingerprint density at radius 2 is 1.54 bits per heavy atom. The number of rotatable bonds is 7. The van der Waals surface area contributed by atoms with Crippen molar-refractivity contribution in [1.29, 1.82) is 0 Å². The molecule has 0 aliphatic carbocycles. The van der Waals surface area contributed by atoms with Crippen LogP contribution in [-0.4, -0.2) is 24.3 Å². The lowest BCUT2D eigenvalue weighted by Gasteiger charge is -2.14. The molecular weight excluding hydrogens is 366 g/mol. The van der Waals surface area contributed by atoms with Gasteiger partial charge in [0.15, 0.2) is 5.78 Å². The van der Waals surface area contributed by atoms with E-state index in [1.165, 1.54) is 5.56 Å². The van der Waals surface area contributed by atoms with E-state index in [0.717, 1.165) is 35.3 Å². The van der Waals surface area contributed by atoms with Crippen LogP contribution in [0.25, 0.3) is 11.1 Å². The smallest absolute Gasteiger partial charge is 0.193 e. The highest BCUT2D eigenvalue weighted by Gasteiger charge is 2.09. The van der Waals surface area contributed by atoms with E-state index < -0.39 is 0 Å². The molecule has 3 rings (SSSR count). The van der Waals surface area contributed by atoms with Crippen molar-refractivity contribution in [3.8, 4) is 11.1 Å². The third kappa shape index (κ3) is 5.41. The van der Waals surface area contributed by atoms with Gasteiger partial charge in [0.05, 0.1) is 0 Å². The number of carbonyl (C=O) groups excluding carboxylic acids is 1. The van der Waals surface area contributed by atoms with Crippen molar-refractivity contribution >= 4 is 18.2 Å². The quantitative estimate of drug-likeness (QED) is 0.367. The Morgan fingerprint density at radius 3 is 2.11 bits per heavy atom. The highest BCUT2D eigenvalue weighted by atomic mass is 35.5. The average Bonchev–Trinajstić information content (AvgIpc) is 2.68. The molecule has 0 fully saturated rings. The van der Waals surface area contributed by atoms with Crippen LogP contribution in [0.15, 0.2) is 85.5 Å². The van der Waals surface area contributed by atoms with Gasteiger partial charge in [0.2, 0.25) is 0 Å². The second kappa shape index (κ2) is 10.0. The predicted octanol–water partition coefficient (Wildman–Crippen LogP) is 5.93. The molecule has 0 heterocycles. The number of aryl methyl sites for hydroxylation is 1. The SMILES string of the molecule is C=CCN(C)Cc1ccc(-c2ccc(C(=O)c3cccc(C)c3)cc2)cc1.Cl. The van der Waals surface area contributed by atoms with Gasteiger partial charge in [-0.3, -0.25) is 9.69 Å². The number of benzene rings is 3. The van der Waals surface area contributed by atoms with Crippen LogP contribution in [0, 0.1) is 6.92 Å². The van der Waals surface area contributed by atoms with Crippen molar-refractivity contribution in [3.05, 3.63) is 108 Å². The van der Waals surface area contributed by atoms with Gasteiger partial charge in [0.25, 0.3) is 0 Å². The van der Waals surface area contributed by atoms with Crippen LogP contribution in [-0.2, 0) is 6.54 Å². The molecule has 0 N–H and O–H groups in total. The molecule has 0 saturated heterocycles. The second-order valence-corrected chi connectivity index (χ2v) is 6.96. The topological polar surface area (TPSA) is 20.3 Å². The lowest BCUT2D eigenvalue weighted by Crippen LogP contribution is -2.17. The van der Waals surface area contributed by atoms with E-state index in [0.29, 0.717) is 5.56 Å². The van der Waals surface area contributed by atoms with Gasteiger partial charge in [-0.1, -0.05) is 78.4 Å². The largest absolute Gasteiger partial charge is 0.298 e. The summed E-state index contributed by atoms with van der Waals surface area (Å²) in [5.74, 6) is 0.0610. The average molecular weight is 392 g/mol. The summed E-state index contributed by atoms with van der Waals surface area (Å²) in [4.78, 5) is 14.9. The van der Waals surface area contributed by atoms with E-state index in [4.69, 9.17) is 0 Å². The number of hydrogen-bond donors (Lipinski definition) is 0. The Morgan fingerprint density at radius 1 is 0.929 bits per heavy atom. The monoisotopic (exact) mass is 391 g/mol. The van der Waals surface area contributed by atoms with Crippen LogP contribution < -0.4 is 0 Å². The molecule has 0 saturated carbocycles. The van der Waals surface area contributed by atoms with Crippen LogP contribution in [0.5, 0.6) is 0 Å². The van der Waals surface area contributed by atoms with Crippen molar-refractivity contribution in [1.82, 2.24) is 4.90 Å². The molecule has 28 heavy (non-hydrogen) atoms. The van der Waals surface area contributed by atoms with Crippen molar-refractivity contribution in [2.24, 2.45) is 0 Å². The Kier molecular flexibility index (Phi) is 7.74. The normalized spacial score (nSPS) is 10.4. The number of hydrogen-bond acceptors (Lipinski definition) is 2. The van der Waals surface area contributed by atoms with Gasteiger partial charge in [-0.25, -0.2) is 0 Å². The molecule has 144 valence electrons. The highest BCUT2D eigenvalue weighted by molar-refractivity contribution is 6.09. The van der Waals surface area contributed by atoms with E-state index in [1.807, 2.05) is 61.5 Å². The molecule has 3 aromatic carbocycles. The molecule has 0 bridgehead atoms. The summed E-state index contributed by atoms with van der Waals surface area (Å²) >= 11 is 0. The minimum Gasteiger partial charge on any atom is -0.298 e. The molecule has 0 spiro atoms. The van der Waals surface area contributed by atoms with Crippen molar-refractivity contribution in [3.63, 3.8) is 0 Å². The predicted molar refractivity (Wildman–Crippen MR) is 120 cm³/mol. The van der Waals surface area contributed by atoms with E-state index in [2.05, 4.69) is 42.8 Å². The van der Waals surface area contributed by atoms with Gasteiger partial charge in [0, 0.05) is 24.2 Å². The molecule has 3 aromatic rings. The number of halogens is 1. The van der Waals surface area contributed by atoms with E-state index in [-0.39, 0.29) is 18.2 Å². The summed E-state index contributed by atoms with van der Waals surface area (Å²) in [6.07, 6.45) is 1.91. The molecule has 2 nitrogen and oxygen atoms in total. The first-order valence-electron chi connectivity index (χ1n) is 9.17. The molecule has 0 aliphatic rings. The van der Waals surface area contributed by atoms with Crippen molar-refractivity contribution in [2.75, 3.05) is 13.6 Å². The van der Waals surface area contributed by atoms with Gasteiger partial charge in [-0.05, 0) is 36.7 Å². The van der Waals surface area contributed by atoms with E-state index in [1.54, 1.807) is 0 Å². The van der Waals surface area contributed by atoms with Gasteiger partial charge in [-0.15, -0.1) is 19.0 Å². The number of nitrogens with zero attached hydrogens (tertiary/aromatic N) is 1. The zero-order chi connectivity index (χ0) is 19.2. The minimum atomic E-state index is 0. The summed E-state index contributed by atoms with van der Waals surface area (Å²) < 4.78 is 0. The Balaban J connectivity index is 0.00000280. The Bertz CT molecular complexity index is 930. The fourth-order valence-electron chi connectivity index (χ4n) is 3.17. The lowest BCUT2D eigenvalue weighted by atomic mass is 9.98. The Hall–Kier alpha value is -2.68. The first-order chi connectivity index (χ1) is 13.1. The first-order valence-corrected chi connectivity index (χ1v) is 9.17. The maximum atomic E-state index is 12.6. The standard InChI is InChI=1S/C25H25NO.ClH/c1-4-16-26(3)18-20-8-10-21(11-9-20)22-12-14-23(15-13-22)25(27)24-7-5-6-19(2)17-24;/h4-15,17H,1,16,18H2,2-3H3;1H. The number of carbonyl (C=O) groups is 1. The molecule has 3 heteroatoms. The fraction of sp³-hybridized carbons (Fsp3) is 0.160. The molecule has 0 amide bonds. The molecule has 0 unspecified atom stereocenters. The summed E-state index contributed by atoms with van der Waals surface area (Å²) in [5.41, 5.74) is 6.08. The van der Waals surface area contributed by atoms with Crippen LogP contribution in [0.1, 0.15) is 27.0 Å². The molecule has 0 radical (unpaired) electrons. The van der Waals surface area contributed by atoms with Gasteiger partial charge < -0.3 is 0 Å². The molecule has 0 aliphatic heterocycles. The zero-order valence-electron chi connectivity index (χ0n) is 16.4. The van der Waals surface area contributed by atoms with Crippen molar-refractivity contribution in [2.45, 2.75) is 13.5 Å². The van der Waals surface area contributed by atoms with Gasteiger partial charge in [-0.2, -0.15) is 0 Å². The van der Waals surface area contributed by atoms with E-state index >= 15 is 0 Å². The van der Waals surface area contributed by atoms with Crippen LogP contribution in [0.2, 0.25) is 0 Å². The van der Waals surface area contributed by atoms with Gasteiger partial charge in [0.1, 0.15) is 0 Å². The van der Waals surface area contributed by atoms with Crippen LogP contribution >= 0.6 is 12.4 Å². The Labute approximate surface area is 173 Å². The maximum absolute atomic E-state index is 12.6. The second-order valence-electron chi connectivity index (χ2n) is 6.96. The third-order valence-corrected chi connectivity index (χ3v) is 4.61. The minimum absolute atomic E-state index is 0. The maximum Gasteiger partial charge on any atom is 0.193 e. The van der Waals surface area contributed by atoms with Gasteiger partial charge >= 0.3 is 0 Å². The summed E-state index contributed by atoms with van der Waals surface area (Å²) in [6, 6.07) is 24.1. The van der Waals surface area contributed by atoms with E-state index in [9.17, 15) is 4.79 Å².